The molecule has 1 amide bonds. The van der Waals surface area contributed by atoms with Gasteiger partial charge in [-0.1, -0.05) is 27.5 Å². The lowest BCUT2D eigenvalue weighted by Gasteiger charge is -2.08. The molecule has 100 valence electrons. The zero-order valence-corrected chi connectivity index (χ0v) is 12.5. The molecule has 1 rings (SSSR count). The number of hydrogen-bond donors (Lipinski definition) is 2. The molecular formula is C12H16BrClN2O2. The molecule has 1 aromatic carbocycles. The third-order valence-electron chi connectivity index (χ3n) is 2.25. The standard InChI is InChI=1S/C12H16BrClN2O2/c1-18-7-6-15-4-5-16-12(17)10-3-2-9(13)8-11(10)14/h2-3,8,15H,4-7H2,1H3,(H,16,17). The quantitative estimate of drug-likeness (QED) is 0.750. The number of carbonyl (C=O) groups is 1. The van der Waals surface area contributed by atoms with Gasteiger partial charge in [-0.25, -0.2) is 0 Å². The zero-order chi connectivity index (χ0) is 13.4. The number of halogens is 2. The van der Waals surface area contributed by atoms with E-state index in [2.05, 4.69) is 26.6 Å². The van der Waals surface area contributed by atoms with Crippen LogP contribution in [0.1, 0.15) is 10.4 Å². The summed E-state index contributed by atoms with van der Waals surface area (Å²) < 4.78 is 5.75. The molecule has 4 nitrogen and oxygen atoms in total. The van der Waals surface area contributed by atoms with E-state index in [4.69, 9.17) is 16.3 Å². The smallest absolute Gasteiger partial charge is 0.252 e. The number of benzene rings is 1. The normalized spacial score (nSPS) is 10.4. The van der Waals surface area contributed by atoms with Crippen LogP contribution in [0.2, 0.25) is 5.02 Å². The van der Waals surface area contributed by atoms with Gasteiger partial charge in [-0.3, -0.25) is 4.79 Å². The van der Waals surface area contributed by atoms with E-state index in [-0.39, 0.29) is 5.91 Å². The first-order chi connectivity index (χ1) is 8.65. The van der Waals surface area contributed by atoms with Gasteiger partial charge in [0, 0.05) is 31.2 Å². The van der Waals surface area contributed by atoms with Gasteiger partial charge >= 0.3 is 0 Å². The summed E-state index contributed by atoms with van der Waals surface area (Å²) in [5, 5.41) is 6.37. The summed E-state index contributed by atoms with van der Waals surface area (Å²) in [4.78, 5) is 11.8. The van der Waals surface area contributed by atoms with E-state index in [1.165, 1.54) is 0 Å². The summed E-state index contributed by atoms with van der Waals surface area (Å²) in [5.41, 5.74) is 0.483. The van der Waals surface area contributed by atoms with E-state index in [1.807, 2.05) is 0 Å². The minimum Gasteiger partial charge on any atom is -0.383 e. The molecule has 0 saturated heterocycles. The van der Waals surface area contributed by atoms with Gasteiger partial charge in [-0.2, -0.15) is 0 Å². The molecule has 0 saturated carbocycles. The first-order valence-electron chi connectivity index (χ1n) is 5.58. The third kappa shape index (κ3) is 5.35. The van der Waals surface area contributed by atoms with Crippen molar-refractivity contribution in [1.82, 2.24) is 10.6 Å². The van der Waals surface area contributed by atoms with E-state index in [1.54, 1.807) is 25.3 Å². The van der Waals surface area contributed by atoms with Gasteiger partial charge in [-0.05, 0) is 18.2 Å². The Morgan fingerprint density at radius 1 is 1.39 bits per heavy atom. The Morgan fingerprint density at radius 3 is 2.83 bits per heavy atom. The number of nitrogens with one attached hydrogen (secondary N) is 2. The Morgan fingerprint density at radius 2 is 2.17 bits per heavy atom. The first kappa shape index (κ1) is 15.4. The molecule has 0 fully saturated rings. The summed E-state index contributed by atoms with van der Waals surface area (Å²) in [7, 11) is 1.65. The highest BCUT2D eigenvalue weighted by atomic mass is 79.9. The van der Waals surface area contributed by atoms with Gasteiger partial charge in [0.05, 0.1) is 17.2 Å². The van der Waals surface area contributed by atoms with Gasteiger partial charge < -0.3 is 15.4 Å². The van der Waals surface area contributed by atoms with Crippen LogP contribution in [-0.4, -0.2) is 39.3 Å². The summed E-state index contributed by atoms with van der Waals surface area (Å²) >= 11 is 9.28. The van der Waals surface area contributed by atoms with Gasteiger partial charge in [0.15, 0.2) is 0 Å². The predicted molar refractivity (Wildman–Crippen MR) is 76.2 cm³/mol. The number of rotatable bonds is 7. The molecule has 0 radical (unpaired) electrons. The monoisotopic (exact) mass is 334 g/mol. The fourth-order valence-electron chi connectivity index (χ4n) is 1.33. The molecule has 0 bridgehead atoms. The average molecular weight is 336 g/mol. The van der Waals surface area contributed by atoms with Gasteiger partial charge in [0.2, 0.25) is 0 Å². The van der Waals surface area contributed by atoms with E-state index in [9.17, 15) is 4.79 Å². The Hall–Kier alpha value is -0.620. The van der Waals surface area contributed by atoms with Gasteiger partial charge in [0.1, 0.15) is 0 Å². The number of amides is 1. The second kappa shape index (κ2) is 8.48. The highest BCUT2D eigenvalue weighted by Crippen LogP contribution is 2.21. The van der Waals surface area contributed by atoms with Crippen molar-refractivity contribution < 1.29 is 9.53 Å². The number of methoxy groups -OCH3 is 1. The molecular weight excluding hydrogens is 320 g/mol. The molecule has 0 atom stereocenters. The van der Waals surface area contributed by atoms with Crippen LogP contribution >= 0.6 is 27.5 Å². The molecule has 0 heterocycles. The molecule has 0 unspecified atom stereocenters. The number of hydrogen-bond acceptors (Lipinski definition) is 3. The number of ether oxygens (including phenoxy) is 1. The van der Waals surface area contributed by atoms with Crippen molar-refractivity contribution in [3.05, 3.63) is 33.3 Å². The van der Waals surface area contributed by atoms with Crippen LogP contribution in [-0.2, 0) is 4.74 Å². The summed E-state index contributed by atoms with van der Waals surface area (Å²) in [5.74, 6) is -0.166. The maximum atomic E-state index is 11.8. The van der Waals surface area contributed by atoms with Crippen molar-refractivity contribution in [1.29, 1.82) is 0 Å². The SMILES string of the molecule is COCCNCCNC(=O)c1ccc(Br)cc1Cl. The van der Waals surface area contributed by atoms with Gasteiger partial charge in [-0.15, -0.1) is 0 Å². The average Bonchev–Trinajstić information content (AvgIpc) is 2.33. The summed E-state index contributed by atoms with van der Waals surface area (Å²) in [6.07, 6.45) is 0. The Bertz CT molecular complexity index is 402. The minimum atomic E-state index is -0.166. The lowest BCUT2D eigenvalue weighted by Crippen LogP contribution is -2.33. The molecule has 0 aliphatic rings. The minimum absolute atomic E-state index is 0.166. The largest absolute Gasteiger partial charge is 0.383 e. The van der Waals surface area contributed by atoms with Crippen LogP contribution in [0.25, 0.3) is 0 Å². The van der Waals surface area contributed by atoms with E-state index in [0.717, 1.165) is 11.0 Å². The molecule has 2 N–H and O–H groups in total. The second-order valence-electron chi connectivity index (χ2n) is 3.62. The van der Waals surface area contributed by atoms with Gasteiger partial charge in [0.25, 0.3) is 5.91 Å². The van der Waals surface area contributed by atoms with Crippen molar-refractivity contribution in [2.75, 3.05) is 33.4 Å². The van der Waals surface area contributed by atoms with Crippen molar-refractivity contribution in [2.45, 2.75) is 0 Å². The molecule has 0 aromatic heterocycles. The van der Waals surface area contributed by atoms with Crippen LogP contribution in [0.4, 0.5) is 0 Å². The van der Waals surface area contributed by atoms with Crippen molar-refractivity contribution in [2.24, 2.45) is 0 Å². The first-order valence-corrected chi connectivity index (χ1v) is 6.75. The van der Waals surface area contributed by atoms with Crippen molar-refractivity contribution >= 4 is 33.4 Å². The Kier molecular flexibility index (Phi) is 7.27. The number of carbonyl (C=O) groups excluding carboxylic acids is 1. The molecule has 6 heteroatoms. The van der Waals surface area contributed by atoms with Crippen LogP contribution in [0.15, 0.2) is 22.7 Å². The van der Waals surface area contributed by atoms with Crippen LogP contribution in [0, 0.1) is 0 Å². The third-order valence-corrected chi connectivity index (χ3v) is 3.05. The molecule has 18 heavy (non-hydrogen) atoms. The Balaban J connectivity index is 2.32. The zero-order valence-electron chi connectivity index (χ0n) is 10.1. The molecule has 1 aromatic rings. The van der Waals surface area contributed by atoms with E-state index in [0.29, 0.717) is 30.3 Å². The lowest BCUT2D eigenvalue weighted by molar-refractivity contribution is 0.0954. The fourth-order valence-corrected chi connectivity index (χ4v) is 2.09. The van der Waals surface area contributed by atoms with E-state index < -0.39 is 0 Å². The molecule has 0 aliphatic heterocycles. The highest BCUT2D eigenvalue weighted by Gasteiger charge is 2.09. The lowest BCUT2D eigenvalue weighted by atomic mass is 10.2. The van der Waals surface area contributed by atoms with E-state index >= 15 is 0 Å². The fraction of sp³-hybridized carbons (Fsp3) is 0.417. The van der Waals surface area contributed by atoms with Crippen LogP contribution in [0.3, 0.4) is 0 Å². The predicted octanol–water partition coefficient (Wildman–Crippen LogP) is 2.07. The summed E-state index contributed by atoms with van der Waals surface area (Å²) in [6, 6.07) is 5.19. The second-order valence-corrected chi connectivity index (χ2v) is 4.95. The summed E-state index contributed by atoms with van der Waals surface area (Å²) in [6.45, 7) is 2.68. The van der Waals surface area contributed by atoms with Crippen molar-refractivity contribution in [3.8, 4) is 0 Å². The molecule has 0 spiro atoms. The Labute approximate surface area is 120 Å². The highest BCUT2D eigenvalue weighted by molar-refractivity contribution is 9.10. The van der Waals surface area contributed by atoms with Crippen LogP contribution < -0.4 is 10.6 Å². The van der Waals surface area contributed by atoms with Crippen molar-refractivity contribution in [3.63, 3.8) is 0 Å². The topological polar surface area (TPSA) is 50.4 Å². The molecule has 0 aliphatic carbocycles. The maximum Gasteiger partial charge on any atom is 0.252 e. The van der Waals surface area contributed by atoms with Crippen LogP contribution in [0.5, 0.6) is 0 Å². The maximum absolute atomic E-state index is 11.8.